The Morgan fingerprint density at radius 1 is 1.15 bits per heavy atom. The molecule has 6 heteroatoms. The maximum absolute atomic E-state index is 5.44. The smallest absolute Gasteiger partial charge is 0.191 e. The Hall–Kier alpha value is -1.79. The van der Waals surface area contributed by atoms with Crippen LogP contribution in [0.3, 0.4) is 0 Å². The summed E-state index contributed by atoms with van der Waals surface area (Å²) in [6.45, 7) is 9.10. The average Bonchev–Trinajstić information content (AvgIpc) is 2.70. The van der Waals surface area contributed by atoms with Crippen molar-refractivity contribution in [3.63, 3.8) is 0 Å². The molecular formula is C21H36N4O2. The van der Waals surface area contributed by atoms with E-state index in [0.29, 0.717) is 5.92 Å². The number of benzene rings is 1. The highest BCUT2D eigenvalue weighted by Gasteiger charge is 2.20. The van der Waals surface area contributed by atoms with Crippen LogP contribution in [-0.2, 0) is 11.3 Å². The summed E-state index contributed by atoms with van der Waals surface area (Å²) in [5.74, 6) is 2.45. The van der Waals surface area contributed by atoms with Crippen LogP contribution in [0.1, 0.15) is 32.3 Å². The molecule has 0 radical (unpaired) electrons. The van der Waals surface area contributed by atoms with E-state index >= 15 is 0 Å². The second-order valence-electron chi connectivity index (χ2n) is 7.84. The molecule has 0 aromatic heterocycles. The zero-order chi connectivity index (χ0) is 19.7. The highest BCUT2D eigenvalue weighted by atomic mass is 16.5. The van der Waals surface area contributed by atoms with Gasteiger partial charge in [-0.2, -0.15) is 0 Å². The van der Waals surface area contributed by atoms with Crippen molar-refractivity contribution in [3.8, 4) is 5.75 Å². The number of aliphatic imine (C=N–C) groups is 1. The topological polar surface area (TPSA) is 58.1 Å². The van der Waals surface area contributed by atoms with Crippen molar-refractivity contribution in [1.82, 2.24) is 15.5 Å². The van der Waals surface area contributed by atoms with Gasteiger partial charge in [-0.1, -0.05) is 12.1 Å². The third-order valence-corrected chi connectivity index (χ3v) is 5.29. The molecule has 1 fully saturated rings. The Labute approximate surface area is 164 Å². The van der Waals surface area contributed by atoms with Gasteiger partial charge < -0.3 is 20.1 Å². The molecule has 0 bridgehead atoms. The lowest BCUT2D eigenvalue weighted by Crippen LogP contribution is -2.47. The number of guanidine groups is 1. The maximum Gasteiger partial charge on any atom is 0.191 e. The first-order chi connectivity index (χ1) is 13.0. The molecule has 1 aliphatic heterocycles. The van der Waals surface area contributed by atoms with E-state index in [2.05, 4.69) is 46.5 Å². The Bertz CT molecular complexity index is 578. The average molecular weight is 377 g/mol. The van der Waals surface area contributed by atoms with Crippen LogP contribution >= 0.6 is 0 Å². The standard InChI is InChI=1S/C21H36N4O2/c1-21(2,27-5)16-24-20(22-3)23-14-17-10-12-25(13-11-17)15-18-6-8-19(26-4)9-7-18/h6-9,17H,10-16H2,1-5H3,(H2,22,23,24). The zero-order valence-electron chi connectivity index (χ0n) is 17.5. The first-order valence-electron chi connectivity index (χ1n) is 9.80. The lowest BCUT2D eigenvalue weighted by Gasteiger charge is -2.32. The minimum atomic E-state index is -0.204. The van der Waals surface area contributed by atoms with Gasteiger partial charge in [-0.05, 0) is 63.4 Å². The van der Waals surface area contributed by atoms with Gasteiger partial charge in [0.25, 0.3) is 0 Å². The minimum absolute atomic E-state index is 0.204. The Kier molecular flexibility index (Phi) is 8.38. The fourth-order valence-corrected chi connectivity index (χ4v) is 3.17. The van der Waals surface area contributed by atoms with Crippen LogP contribution in [0.15, 0.2) is 29.3 Å². The molecule has 0 aliphatic carbocycles. The second-order valence-corrected chi connectivity index (χ2v) is 7.84. The number of rotatable bonds is 8. The number of nitrogens with one attached hydrogen (secondary N) is 2. The molecule has 0 atom stereocenters. The van der Waals surface area contributed by atoms with Crippen molar-refractivity contribution < 1.29 is 9.47 Å². The van der Waals surface area contributed by atoms with E-state index < -0.39 is 0 Å². The predicted molar refractivity (Wildman–Crippen MR) is 111 cm³/mol. The fourth-order valence-electron chi connectivity index (χ4n) is 3.17. The van der Waals surface area contributed by atoms with E-state index in [-0.39, 0.29) is 5.60 Å². The molecule has 152 valence electrons. The number of nitrogens with zero attached hydrogens (tertiary/aromatic N) is 2. The van der Waals surface area contributed by atoms with Gasteiger partial charge in [0.2, 0.25) is 0 Å². The fraction of sp³-hybridized carbons (Fsp3) is 0.667. The third-order valence-electron chi connectivity index (χ3n) is 5.29. The van der Waals surface area contributed by atoms with E-state index in [9.17, 15) is 0 Å². The molecule has 1 aliphatic rings. The summed E-state index contributed by atoms with van der Waals surface area (Å²) in [5.41, 5.74) is 1.14. The number of piperidine rings is 1. The normalized spacial score (nSPS) is 17.0. The van der Waals surface area contributed by atoms with Gasteiger partial charge in [0, 0.05) is 33.8 Å². The number of hydrogen-bond donors (Lipinski definition) is 2. The molecule has 0 saturated carbocycles. The lowest BCUT2D eigenvalue weighted by molar-refractivity contribution is 0.0268. The molecule has 1 aromatic rings. The van der Waals surface area contributed by atoms with Crippen LogP contribution in [0.2, 0.25) is 0 Å². The van der Waals surface area contributed by atoms with Crippen LogP contribution < -0.4 is 15.4 Å². The van der Waals surface area contributed by atoms with Crippen molar-refractivity contribution in [1.29, 1.82) is 0 Å². The summed E-state index contributed by atoms with van der Waals surface area (Å²) in [4.78, 5) is 6.85. The quantitative estimate of drug-likeness (QED) is 0.539. The van der Waals surface area contributed by atoms with Gasteiger partial charge in [-0.25, -0.2) is 0 Å². The van der Waals surface area contributed by atoms with E-state index in [0.717, 1.165) is 44.4 Å². The number of ether oxygens (including phenoxy) is 2. The number of hydrogen-bond acceptors (Lipinski definition) is 4. The molecule has 1 aromatic carbocycles. The molecule has 2 rings (SSSR count). The number of likely N-dealkylation sites (tertiary alicyclic amines) is 1. The lowest BCUT2D eigenvalue weighted by atomic mass is 9.96. The van der Waals surface area contributed by atoms with Gasteiger partial charge in [-0.3, -0.25) is 9.89 Å². The van der Waals surface area contributed by atoms with Crippen molar-refractivity contribution >= 4 is 5.96 Å². The zero-order valence-corrected chi connectivity index (χ0v) is 17.5. The monoisotopic (exact) mass is 376 g/mol. The highest BCUT2D eigenvalue weighted by molar-refractivity contribution is 5.79. The summed E-state index contributed by atoms with van der Waals surface area (Å²) in [6.07, 6.45) is 2.42. The molecule has 27 heavy (non-hydrogen) atoms. The van der Waals surface area contributed by atoms with E-state index in [1.54, 1.807) is 14.2 Å². The van der Waals surface area contributed by atoms with E-state index in [1.165, 1.54) is 18.4 Å². The molecule has 0 spiro atoms. The minimum Gasteiger partial charge on any atom is -0.497 e. The summed E-state index contributed by atoms with van der Waals surface area (Å²) >= 11 is 0. The molecule has 0 amide bonds. The first-order valence-corrected chi connectivity index (χ1v) is 9.80. The van der Waals surface area contributed by atoms with Crippen LogP contribution in [0.25, 0.3) is 0 Å². The summed E-state index contributed by atoms with van der Waals surface area (Å²) in [7, 11) is 5.25. The molecule has 0 unspecified atom stereocenters. The first kappa shape index (κ1) is 21.5. The van der Waals surface area contributed by atoms with Gasteiger partial charge in [-0.15, -0.1) is 0 Å². The van der Waals surface area contributed by atoms with E-state index in [4.69, 9.17) is 9.47 Å². The third kappa shape index (κ3) is 7.39. The second kappa shape index (κ2) is 10.5. The molecule has 1 heterocycles. The Balaban J connectivity index is 1.69. The van der Waals surface area contributed by atoms with E-state index in [1.807, 2.05) is 19.2 Å². The van der Waals surface area contributed by atoms with Crippen molar-refractivity contribution in [2.24, 2.45) is 10.9 Å². The Morgan fingerprint density at radius 3 is 2.37 bits per heavy atom. The Morgan fingerprint density at radius 2 is 1.81 bits per heavy atom. The predicted octanol–water partition coefficient (Wildman–Crippen LogP) is 2.50. The summed E-state index contributed by atoms with van der Waals surface area (Å²) in [5, 5.41) is 6.81. The van der Waals surface area contributed by atoms with Gasteiger partial charge in [0.05, 0.1) is 12.7 Å². The molecule has 1 saturated heterocycles. The van der Waals surface area contributed by atoms with Crippen LogP contribution in [0.5, 0.6) is 5.75 Å². The SMILES string of the molecule is CN=C(NCC1CCN(Cc2ccc(OC)cc2)CC1)NCC(C)(C)OC. The maximum atomic E-state index is 5.44. The van der Waals surface area contributed by atoms with Crippen LogP contribution in [0, 0.1) is 5.92 Å². The van der Waals surface area contributed by atoms with Crippen molar-refractivity contribution in [2.45, 2.75) is 38.8 Å². The van der Waals surface area contributed by atoms with Crippen LogP contribution in [0.4, 0.5) is 0 Å². The van der Waals surface area contributed by atoms with Crippen LogP contribution in [-0.4, -0.2) is 63.9 Å². The molecule has 6 nitrogen and oxygen atoms in total. The van der Waals surface area contributed by atoms with Crippen molar-refractivity contribution in [2.75, 3.05) is 47.4 Å². The summed E-state index contributed by atoms with van der Waals surface area (Å²) in [6, 6.07) is 8.39. The number of methoxy groups -OCH3 is 2. The van der Waals surface area contributed by atoms with Gasteiger partial charge in [0.15, 0.2) is 5.96 Å². The summed E-state index contributed by atoms with van der Waals surface area (Å²) < 4.78 is 10.7. The molecule has 2 N–H and O–H groups in total. The highest BCUT2D eigenvalue weighted by Crippen LogP contribution is 2.19. The van der Waals surface area contributed by atoms with Gasteiger partial charge in [0.1, 0.15) is 5.75 Å². The molecular weight excluding hydrogens is 340 g/mol. The van der Waals surface area contributed by atoms with Gasteiger partial charge >= 0.3 is 0 Å². The van der Waals surface area contributed by atoms with Crippen molar-refractivity contribution in [3.05, 3.63) is 29.8 Å². The largest absolute Gasteiger partial charge is 0.497 e.